The highest BCUT2D eigenvalue weighted by Gasteiger charge is 2.33. The molecule has 2 aromatic carbocycles. The van der Waals surface area contributed by atoms with E-state index in [1.807, 2.05) is 25.1 Å². The van der Waals surface area contributed by atoms with E-state index in [0.717, 1.165) is 40.9 Å². The largest absolute Gasteiger partial charge is 0.478 e. The standard InChI is InChI=1S/C27H21ClN2O6/c1-14-3-2-4-19(28)23(14)24-18(25(36-30-24)15-5-6-15)13-33-22-10-9-20-26(29-22)34-12-17-8-7-16(27(31)32)11-21(17)35-20/h2-4,7-11,15H,5-6,12-13H2,1H3,(H,31,32). The molecule has 1 saturated carbocycles. The highest BCUT2D eigenvalue weighted by Crippen LogP contribution is 2.45. The summed E-state index contributed by atoms with van der Waals surface area (Å²) >= 11 is 6.52. The molecule has 1 aliphatic carbocycles. The Balaban J connectivity index is 1.27. The first-order chi connectivity index (χ1) is 17.5. The van der Waals surface area contributed by atoms with E-state index in [0.29, 0.717) is 34.0 Å². The van der Waals surface area contributed by atoms with Crippen molar-refractivity contribution in [3.05, 3.63) is 81.6 Å². The van der Waals surface area contributed by atoms with E-state index in [-0.39, 0.29) is 24.7 Å². The van der Waals surface area contributed by atoms with Gasteiger partial charge in [-0.3, -0.25) is 0 Å². The molecule has 0 atom stereocenters. The zero-order valence-corrected chi connectivity index (χ0v) is 20.0. The van der Waals surface area contributed by atoms with Crippen LogP contribution >= 0.6 is 11.6 Å². The summed E-state index contributed by atoms with van der Waals surface area (Å²) in [5.41, 5.74) is 4.22. The molecule has 182 valence electrons. The van der Waals surface area contributed by atoms with Crippen LogP contribution in [0.2, 0.25) is 5.02 Å². The second-order valence-electron chi connectivity index (χ2n) is 8.84. The van der Waals surface area contributed by atoms with Crippen molar-refractivity contribution in [3.63, 3.8) is 0 Å². The summed E-state index contributed by atoms with van der Waals surface area (Å²) in [4.78, 5) is 15.8. The topological polar surface area (TPSA) is 104 Å². The highest BCUT2D eigenvalue weighted by molar-refractivity contribution is 6.33. The van der Waals surface area contributed by atoms with E-state index >= 15 is 0 Å². The minimum Gasteiger partial charge on any atom is -0.478 e. The number of fused-ring (bicyclic) bond motifs is 2. The van der Waals surface area contributed by atoms with Crippen molar-refractivity contribution < 1.29 is 28.6 Å². The molecule has 0 unspecified atom stereocenters. The molecule has 1 fully saturated rings. The van der Waals surface area contributed by atoms with Gasteiger partial charge in [0.1, 0.15) is 30.4 Å². The fraction of sp³-hybridized carbons (Fsp3) is 0.222. The highest BCUT2D eigenvalue weighted by atomic mass is 35.5. The van der Waals surface area contributed by atoms with Gasteiger partial charge in [-0.1, -0.05) is 35.0 Å². The smallest absolute Gasteiger partial charge is 0.335 e. The predicted molar refractivity (Wildman–Crippen MR) is 130 cm³/mol. The molecule has 2 aromatic heterocycles. The monoisotopic (exact) mass is 504 g/mol. The Hall–Kier alpha value is -4.04. The van der Waals surface area contributed by atoms with Crippen LogP contribution in [0.15, 0.2) is 53.1 Å². The van der Waals surface area contributed by atoms with Crippen LogP contribution in [-0.4, -0.2) is 21.2 Å². The minimum atomic E-state index is -1.03. The summed E-state index contributed by atoms with van der Waals surface area (Å²) in [7, 11) is 0. The lowest BCUT2D eigenvalue weighted by Gasteiger charge is -2.11. The molecule has 1 aliphatic heterocycles. The van der Waals surface area contributed by atoms with E-state index < -0.39 is 5.97 Å². The van der Waals surface area contributed by atoms with Gasteiger partial charge in [0.15, 0.2) is 5.75 Å². The van der Waals surface area contributed by atoms with Gasteiger partial charge >= 0.3 is 5.97 Å². The number of ether oxygens (including phenoxy) is 3. The maximum Gasteiger partial charge on any atom is 0.335 e. The number of nitrogens with zero attached hydrogens (tertiary/aromatic N) is 2. The van der Waals surface area contributed by atoms with Crippen molar-refractivity contribution in [2.24, 2.45) is 0 Å². The summed E-state index contributed by atoms with van der Waals surface area (Å²) in [5.74, 6) is 1.53. The number of aryl methyl sites for hydroxylation is 1. The summed E-state index contributed by atoms with van der Waals surface area (Å²) < 4.78 is 23.6. The minimum absolute atomic E-state index is 0.134. The molecular formula is C27H21ClN2O6. The molecule has 8 nitrogen and oxygen atoms in total. The molecule has 9 heteroatoms. The molecule has 3 heterocycles. The maximum absolute atomic E-state index is 11.3. The van der Waals surface area contributed by atoms with Gasteiger partial charge in [0.05, 0.1) is 16.1 Å². The molecule has 36 heavy (non-hydrogen) atoms. The number of carboxylic acids is 1. The first-order valence-electron chi connectivity index (χ1n) is 11.5. The fourth-order valence-electron chi connectivity index (χ4n) is 4.24. The zero-order chi connectivity index (χ0) is 24.8. The molecule has 6 rings (SSSR count). The number of hydrogen-bond donors (Lipinski definition) is 1. The van der Waals surface area contributed by atoms with E-state index in [2.05, 4.69) is 10.1 Å². The molecule has 1 N–H and O–H groups in total. The lowest BCUT2D eigenvalue weighted by molar-refractivity contribution is 0.0696. The number of hydrogen-bond acceptors (Lipinski definition) is 7. The van der Waals surface area contributed by atoms with Gasteiger partial charge in [0.25, 0.3) is 5.88 Å². The molecule has 2 aliphatic rings. The SMILES string of the molecule is Cc1cccc(Cl)c1-c1noc(C2CC2)c1COc1ccc2c(n1)OCc1ccc(C(=O)O)cc1O2. The Morgan fingerprint density at radius 1 is 1.17 bits per heavy atom. The van der Waals surface area contributed by atoms with Crippen LogP contribution in [0.4, 0.5) is 0 Å². The van der Waals surface area contributed by atoms with Crippen molar-refractivity contribution in [2.75, 3.05) is 0 Å². The Bertz CT molecular complexity index is 1470. The van der Waals surface area contributed by atoms with E-state index in [1.54, 1.807) is 18.2 Å². The first-order valence-corrected chi connectivity index (χ1v) is 11.9. The second kappa shape index (κ2) is 8.87. The van der Waals surface area contributed by atoms with Crippen LogP contribution in [-0.2, 0) is 13.2 Å². The first kappa shape index (κ1) is 22.4. The summed E-state index contributed by atoms with van der Waals surface area (Å²) in [6.45, 7) is 2.37. The van der Waals surface area contributed by atoms with E-state index in [9.17, 15) is 9.90 Å². The summed E-state index contributed by atoms with van der Waals surface area (Å²) in [6, 6.07) is 13.8. The van der Waals surface area contributed by atoms with Gasteiger partial charge in [-0.25, -0.2) is 4.79 Å². The van der Waals surface area contributed by atoms with Crippen LogP contribution in [0, 0.1) is 6.92 Å². The normalized spacial score (nSPS) is 14.2. The van der Waals surface area contributed by atoms with Crippen molar-refractivity contribution in [3.8, 4) is 34.5 Å². The zero-order valence-electron chi connectivity index (χ0n) is 19.3. The van der Waals surface area contributed by atoms with E-state index in [4.69, 9.17) is 30.3 Å². The number of carboxylic acid groups (broad SMARTS) is 1. The molecule has 0 bridgehead atoms. The Morgan fingerprint density at radius 3 is 2.81 bits per heavy atom. The van der Waals surface area contributed by atoms with Gasteiger partial charge < -0.3 is 23.8 Å². The molecule has 4 aromatic rings. The summed E-state index contributed by atoms with van der Waals surface area (Å²) in [5, 5.41) is 14.2. The number of aromatic nitrogens is 2. The lowest BCUT2D eigenvalue weighted by atomic mass is 10.0. The van der Waals surface area contributed by atoms with Crippen molar-refractivity contribution in [2.45, 2.75) is 38.9 Å². The van der Waals surface area contributed by atoms with Crippen molar-refractivity contribution in [1.29, 1.82) is 0 Å². The third-order valence-corrected chi connectivity index (χ3v) is 6.60. The molecule has 0 amide bonds. The van der Waals surface area contributed by atoms with Crippen molar-refractivity contribution in [1.82, 2.24) is 10.1 Å². The third-order valence-electron chi connectivity index (χ3n) is 6.29. The second-order valence-corrected chi connectivity index (χ2v) is 9.25. The van der Waals surface area contributed by atoms with Crippen LogP contribution in [0.3, 0.4) is 0 Å². The van der Waals surface area contributed by atoms with Crippen LogP contribution < -0.4 is 14.2 Å². The average Bonchev–Trinajstić information content (AvgIpc) is 3.65. The van der Waals surface area contributed by atoms with Crippen LogP contribution in [0.25, 0.3) is 11.3 Å². The number of benzene rings is 2. The number of rotatable bonds is 6. The quantitative estimate of drug-likeness (QED) is 0.315. The number of carbonyl (C=O) groups is 1. The maximum atomic E-state index is 11.3. The number of pyridine rings is 1. The van der Waals surface area contributed by atoms with E-state index in [1.165, 1.54) is 12.1 Å². The van der Waals surface area contributed by atoms with Gasteiger partial charge in [-0.05, 0) is 49.6 Å². The van der Waals surface area contributed by atoms with Gasteiger partial charge in [-0.15, -0.1) is 0 Å². The lowest BCUT2D eigenvalue weighted by Crippen LogP contribution is -2.02. The molecule has 0 saturated heterocycles. The average molecular weight is 505 g/mol. The number of aromatic carboxylic acids is 1. The Morgan fingerprint density at radius 2 is 2.03 bits per heavy atom. The molecule has 0 radical (unpaired) electrons. The van der Waals surface area contributed by atoms with Crippen LogP contribution in [0.1, 0.15) is 51.6 Å². The summed E-state index contributed by atoms with van der Waals surface area (Å²) in [6.07, 6.45) is 2.10. The Kier molecular flexibility index (Phi) is 5.53. The van der Waals surface area contributed by atoms with Gasteiger partial charge in [0, 0.05) is 23.1 Å². The predicted octanol–water partition coefficient (Wildman–Crippen LogP) is 6.54. The Labute approximate surface area is 211 Å². The molecule has 0 spiro atoms. The third kappa shape index (κ3) is 4.13. The van der Waals surface area contributed by atoms with Gasteiger partial charge in [-0.2, -0.15) is 4.98 Å². The number of halogens is 1. The molecular weight excluding hydrogens is 484 g/mol. The van der Waals surface area contributed by atoms with Gasteiger partial charge in [0.2, 0.25) is 5.88 Å². The van der Waals surface area contributed by atoms with Crippen molar-refractivity contribution >= 4 is 17.6 Å². The fourth-order valence-corrected chi connectivity index (χ4v) is 4.55. The van der Waals surface area contributed by atoms with Crippen LogP contribution in [0.5, 0.6) is 23.3 Å².